The van der Waals surface area contributed by atoms with Gasteiger partial charge in [0.25, 0.3) is 0 Å². The van der Waals surface area contributed by atoms with Gasteiger partial charge in [0.1, 0.15) is 0 Å². The summed E-state index contributed by atoms with van der Waals surface area (Å²) in [5, 5.41) is 0. The van der Waals surface area contributed by atoms with Crippen LogP contribution in [-0.2, 0) is 0 Å². The van der Waals surface area contributed by atoms with Gasteiger partial charge in [-0.25, -0.2) is 0 Å². The molecule has 1 unspecified atom stereocenters. The third-order valence-corrected chi connectivity index (χ3v) is 2.46. The van der Waals surface area contributed by atoms with E-state index in [0.717, 1.165) is 5.92 Å². The molecule has 1 fully saturated rings. The second-order valence-corrected chi connectivity index (χ2v) is 3.42. The number of unbranched alkanes of at least 4 members (excludes halogenated alkanes) is 1. The average molecular weight is 243 g/mol. The van der Waals surface area contributed by atoms with Crippen LogP contribution < -0.4 is 17.0 Å². The van der Waals surface area contributed by atoms with Gasteiger partial charge in [-0.2, -0.15) is 12.3 Å². The largest absolute Gasteiger partial charge is 2.00 e. The van der Waals surface area contributed by atoms with Gasteiger partial charge < -0.3 is 23.4 Å². The van der Waals surface area contributed by atoms with Crippen molar-refractivity contribution in [3.63, 3.8) is 0 Å². The standard InChI is InChI=1S/C10H19.BrH.Mg/c1-2-3-7-10-8-5-4-6-9-10;;/h8,10H,2-7,9H2,1H3;1H;/q-1;;+2/p-1. The minimum absolute atomic E-state index is 0. The monoisotopic (exact) mass is 242 g/mol. The maximum absolute atomic E-state index is 2.54. The molecule has 0 aliphatic heterocycles. The Bertz CT molecular complexity index is 79.9. The van der Waals surface area contributed by atoms with E-state index in [9.17, 15) is 0 Å². The van der Waals surface area contributed by atoms with E-state index in [1.807, 2.05) is 0 Å². The molecule has 0 aromatic rings. The van der Waals surface area contributed by atoms with Crippen molar-refractivity contribution in [1.29, 1.82) is 0 Å². The first-order valence-electron chi connectivity index (χ1n) is 4.77. The van der Waals surface area contributed by atoms with Crippen molar-refractivity contribution < 1.29 is 17.0 Å². The molecule has 1 atom stereocenters. The topological polar surface area (TPSA) is 0 Å². The smallest absolute Gasteiger partial charge is 1.00 e. The summed E-state index contributed by atoms with van der Waals surface area (Å²) in [6, 6.07) is 0. The zero-order valence-corrected chi connectivity index (χ0v) is 11.2. The van der Waals surface area contributed by atoms with Crippen LogP contribution in [0.15, 0.2) is 0 Å². The Morgan fingerprint density at radius 2 is 2.08 bits per heavy atom. The molecule has 0 nitrogen and oxygen atoms in total. The Kier molecular flexibility index (Phi) is 13.5. The molecule has 0 N–H and O–H groups in total. The van der Waals surface area contributed by atoms with E-state index < -0.39 is 0 Å². The summed E-state index contributed by atoms with van der Waals surface area (Å²) in [6.45, 7) is 2.28. The molecule has 1 saturated carbocycles. The molecule has 1 aliphatic rings. The third-order valence-electron chi connectivity index (χ3n) is 2.46. The molecule has 0 heterocycles. The van der Waals surface area contributed by atoms with Gasteiger partial charge in [-0.3, -0.25) is 0 Å². The van der Waals surface area contributed by atoms with Gasteiger partial charge in [0.2, 0.25) is 0 Å². The number of rotatable bonds is 3. The van der Waals surface area contributed by atoms with E-state index in [2.05, 4.69) is 13.3 Å². The Morgan fingerprint density at radius 1 is 1.33 bits per heavy atom. The minimum Gasteiger partial charge on any atom is -1.00 e. The third kappa shape index (κ3) is 6.73. The second-order valence-electron chi connectivity index (χ2n) is 3.42. The van der Waals surface area contributed by atoms with Crippen molar-refractivity contribution >= 4 is 23.1 Å². The fraction of sp³-hybridized carbons (Fsp3) is 0.900. The minimum atomic E-state index is 0. The van der Waals surface area contributed by atoms with Crippen molar-refractivity contribution in [2.45, 2.75) is 51.9 Å². The van der Waals surface area contributed by atoms with Crippen molar-refractivity contribution in [3.8, 4) is 0 Å². The zero-order valence-electron chi connectivity index (χ0n) is 8.19. The van der Waals surface area contributed by atoms with E-state index >= 15 is 0 Å². The molecule has 1 aliphatic carbocycles. The van der Waals surface area contributed by atoms with E-state index in [4.69, 9.17) is 0 Å². The summed E-state index contributed by atoms with van der Waals surface area (Å²) in [5.41, 5.74) is 0. The van der Waals surface area contributed by atoms with E-state index in [0.29, 0.717) is 0 Å². The second kappa shape index (κ2) is 10.3. The molecular formula is C10H19BrMg. The van der Waals surface area contributed by atoms with Crippen LogP contribution in [0.5, 0.6) is 0 Å². The van der Waals surface area contributed by atoms with Gasteiger partial charge in [-0.05, 0) is 0 Å². The fourth-order valence-electron chi connectivity index (χ4n) is 1.75. The van der Waals surface area contributed by atoms with Gasteiger partial charge in [0, 0.05) is 0 Å². The molecule has 0 radical (unpaired) electrons. The van der Waals surface area contributed by atoms with Crippen LogP contribution in [0.25, 0.3) is 0 Å². The Morgan fingerprint density at radius 3 is 2.58 bits per heavy atom. The Labute approximate surface area is 104 Å². The zero-order chi connectivity index (χ0) is 7.23. The summed E-state index contributed by atoms with van der Waals surface area (Å²) >= 11 is 0. The quantitative estimate of drug-likeness (QED) is 0.491. The van der Waals surface area contributed by atoms with E-state index in [1.54, 1.807) is 0 Å². The van der Waals surface area contributed by atoms with Crippen LogP contribution in [0.1, 0.15) is 51.9 Å². The van der Waals surface area contributed by atoms with E-state index in [-0.39, 0.29) is 40.0 Å². The van der Waals surface area contributed by atoms with Crippen LogP contribution in [0.4, 0.5) is 0 Å². The number of hydrogen-bond acceptors (Lipinski definition) is 0. The van der Waals surface area contributed by atoms with Crippen molar-refractivity contribution in [2.75, 3.05) is 0 Å². The van der Waals surface area contributed by atoms with Gasteiger partial charge in [-0.1, -0.05) is 45.4 Å². The van der Waals surface area contributed by atoms with Crippen LogP contribution in [-0.4, -0.2) is 23.1 Å². The predicted molar refractivity (Wildman–Crippen MR) is 51.5 cm³/mol. The van der Waals surface area contributed by atoms with Gasteiger partial charge in [0.05, 0.1) is 0 Å². The molecule has 12 heavy (non-hydrogen) atoms. The first-order valence-corrected chi connectivity index (χ1v) is 4.77. The maximum atomic E-state index is 2.54. The van der Waals surface area contributed by atoms with Crippen LogP contribution in [0.2, 0.25) is 0 Å². The summed E-state index contributed by atoms with van der Waals surface area (Å²) in [5.74, 6) is 0.980. The summed E-state index contributed by atoms with van der Waals surface area (Å²) < 4.78 is 0. The van der Waals surface area contributed by atoms with Crippen LogP contribution >= 0.6 is 0 Å². The molecule has 0 spiro atoms. The molecule has 0 bridgehead atoms. The van der Waals surface area contributed by atoms with Crippen LogP contribution in [0.3, 0.4) is 0 Å². The molecule has 0 amide bonds. The summed E-state index contributed by atoms with van der Waals surface area (Å²) in [4.78, 5) is 0. The Balaban J connectivity index is 0. The van der Waals surface area contributed by atoms with Crippen molar-refractivity contribution in [2.24, 2.45) is 5.92 Å². The molecular weight excluding hydrogens is 224 g/mol. The van der Waals surface area contributed by atoms with Gasteiger partial charge >= 0.3 is 23.1 Å². The van der Waals surface area contributed by atoms with E-state index in [1.165, 1.54) is 44.9 Å². The predicted octanol–water partition coefficient (Wildman–Crippen LogP) is 0.194. The average Bonchev–Trinajstić information content (AvgIpc) is 2.03. The molecule has 68 valence electrons. The number of hydrogen-bond donors (Lipinski definition) is 0. The Hall–Kier alpha value is 1.25. The normalized spacial score (nSPS) is 22.2. The fourth-order valence-corrected chi connectivity index (χ4v) is 1.75. The SMILES string of the molecule is CCCCC1[CH-]CCCC1.[Br-].[Mg+2]. The van der Waals surface area contributed by atoms with Crippen LogP contribution in [0, 0.1) is 12.3 Å². The van der Waals surface area contributed by atoms with Gasteiger partial charge in [0.15, 0.2) is 0 Å². The first kappa shape index (κ1) is 15.7. The molecule has 2 heteroatoms. The molecule has 0 saturated heterocycles. The van der Waals surface area contributed by atoms with Gasteiger partial charge in [-0.15, -0.1) is 0 Å². The molecule has 1 rings (SSSR count). The first-order chi connectivity index (χ1) is 4.93. The maximum Gasteiger partial charge on any atom is 2.00 e. The summed E-state index contributed by atoms with van der Waals surface area (Å²) in [7, 11) is 0. The summed E-state index contributed by atoms with van der Waals surface area (Å²) in [6.07, 6.45) is 12.6. The molecule has 0 aromatic heterocycles. The van der Waals surface area contributed by atoms with Crippen molar-refractivity contribution in [1.82, 2.24) is 0 Å². The molecule has 0 aromatic carbocycles. The van der Waals surface area contributed by atoms with Crippen molar-refractivity contribution in [3.05, 3.63) is 6.42 Å². The number of halogens is 1.